The highest BCUT2D eigenvalue weighted by Gasteiger charge is 2.35. The van der Waals surface area contributed by atoms with E-state index in [1.165, 1.54) is 36.3 Å². The number of halogens is 1. The zero-order valence-corrected chi connectivity index (χ0v) is 26.4. The summed E-state index contributed by atoms with van der Waals surface area (Å²) in [6.45, 7) is 3.13. The zero-order chi connectivity index (χ0) is 32.4. The van der Waals surface area contributed by atoms with Crippen molar-refractivity contribution in [2.45, 2.75) is 50.2 Å². The highest BCUT2D eigenvalue weighted by Crippen LogP contribution is 2.32. The minimum absolute atomic E-state index is 0.0101. The highest BCUT2D eigenvalue weighted by atomic mass is 32.2. The summed E-state index contributed by atoms with van der Waals surface area (Å²) in [5, 5.41) is 2.99. The van der Waals surface area contributed by atoms with Gasteiger partial charge < -0.3 is 15.0 Å². The lowest BCUT2D eigenvalue weighted by Gasteiger charge is -2.34. The van der Waals surface area contributed by atoms with Crippen LogP contribution in [-0.2, 0) is 32.6 Å². The second-order valence-electron chi connectivity index (χ2n) is 10.7. The molecule has 4 aromatic carbocycles. The van der Waals surface area contributed by atoms with Crippen LogP contribution >= 0.6 is 0 Å². The molecule has 1 N–H and O–H groups in total. The summed E-state index contributed by atoms with van der Waals surface area (Å²) >= 11 is 0. The fourth-order valence-corrected chi connectivity index (χ4v) is 6.30. The molecule has 0 aromatic heterocycles. The number of nitrogens with zero attached hydrogens (tertiary/aromatic N) is 2. The Morgan fingerprint density at radius 1 is 0.844 bits per heavy atom. The topological polar surface area (TPSA) is 96.0 Å². The number of amides is 2. The van der Waals surface area contributed by atoms with Crippen LogP contribution in [0.3, 0.4) is 0 Å². The molecular formula is C35H38FN3O5S. The van der Waals surface area contributed by atoms with Gasteiger partial charge in [-0.1, -0.05) is 79.7 Å². The molecule has 45 heavy (non-hydrogen) atoms. The molecule has 0 unspecified atom stereocenters. The van der Waals surface area contributed by atoms with Gasteiger partial charge in [0.1, 0.15) is 24.2 Å². The number of hydrogen-bond donors (Lipinski definition) is 1. The van der Waals surface area contributed by atoms with Gasteiger partial charge in [0, 0.05) is 19.0 Å². The van der Waals surface area contributed by atoms with Crippen molar-refractivity contribution in [2.75, 3.05) is 18.0 Å². The average Bonchev–Trinajstić information content (AvgIpc) is 3.06. The second-order valence-corrected chi connectivity index (χ2v) is 12.5. The maximum Gasteiger partial charge on any atom is 0.264 e. The molecule has 0 saturated heterocycles. The number of sulfonamides is 1. The summed E-state index contributed by atoms with van der Waals surface area (Å²) in [6.07, 6.45) is 0.850. The fourth-order valence-electron chi connectivity index (χ4n) is 4.85. The standard InChI is InChI=1S/C35H38FN3O5S/c1-4-26(2)37-35(41)32(23-27-13-7-5-8-14-27)38(24-28-19-21-29(36)22-20-28)34(40)25-39(31-17-11-12-18-33(31)44-3)45(42,43)30-15-9-6-10-16-30/h5-22,26,32H,4,23-25H2,1-3H3,(H,37,41)/t26-,32-/m1/s1. The van der Waals surface area contributed by atoms with Gasteiger partial charge in [-0.2, -0.15) is 0 Å². The van der Waals surface area contributed by atoms with Gasteiger partial charge in [0.2, 0.25) is 11.8 Å². The van der Waals surface area contributed by atoms with E-state index in [1.807, 2.05) is 44.2 Å². The SMILES string of the molecule is CC[C@@H](C)NC(=O)[C@@H](Cc1ccccc1)N(Cc1ccc(F)cc1)C(=O)CN(c1ccccc1OC)S(=O)(=O)c1ccccc1. The first-order valence-electron chi connectivity index (χ1n) is 14.7. The van der Waals surface area contributed by atoms with Crippen molar-refractivity contribution < 1.29 is 27.1 Å². The van der Waals surface area contributed by atoms with Crippen molar-refractivity contribution in [1.29, 1.82) is 0 Å². The Hall–Kier alpha value is -4.70. The minimum atomic E-state index is -4.27. The lowest BCUT2D eigenvalue weighted by atomic mass is 10.0. The summed E-state index contributed by atoms with van der Waals surface area (Å²) in [5.74, 6) is -1.18. The summed E-state index contributed by atoms with van der Waals surface area (Å²) in [6, 6.07) is 28.1. The zero-order valence-electron chi connectivity index (χ0n) is 25.6. The van der Waals surface area contributed by atoms with Gasteiger partial charge >= 0.3 is 0 Å². The molecule has 0 fully saturated rings. The largest absolute Gasteiger partial charge is 0.495 e. The average molecular weight is 632 g/mol. The first-order chi connectivity index (χ1) is 21.6. The lowest BCUT2D eigenvalue weighted by molar-refractivity contribution is -0.140. The third kappa shape index (κ3) is 8.48. The van der Waals surface area contributed by atoms with Crippen LogP contribution in [0.15, 0.2) is 114 Å². The number of benzene rings is 4. The highest BCUT2D eigenvalue weighted by molar-refractivity contribution is 7.92. The molecule has 0 heterocycles. The molecule has 236 valence electrons. The molecule has 0 saturated carbocycles. The van der Waals surface area contributed by atoms with Gasteiger partial charge in [0.15, 0.2) is 0 Å². The van der Waals surface area contributed by atoms with Crippen molar-refractivity contribution in [3.05, 3.63) is 126 Å². The van der Waals surface area contributed by atoms with Crippen LogP contribution < -0.4 is 14.4 Å². The quantitative estimate of drug-likeness (QED) is 0.196. The maximum atomic E-state index is 14.5. The summed E-state index contributed by atoms with van der Waals surface area (Å²) in [7, 11) is -2.85. The van der Waals surface area contributed by atoms with Crippen LogP contribution in [-0.4, -0.2) is 50.9 Å². The van der Waals surface area contributed by atoms with Gasteiger partial charge in [-0.05, 0) is 60.9 Å². The van der Waals surface area contributed by atoms with E-state index in [-0.39, 0.29) is 41.2 Å². The van der Waals surface area contributed by atoms with Crippen molar-refractivity contribution in [2.24, 2.45) is 0 Å². The number of carbonyl (C=O) groups is 2. The van der Waals surface area contributed by atoms with Crippen molar-refractivity contribution in [3.63, 3.8) is 0 Å². The molecule has 0 aliphatic carbocycles. The lowest BCUT2D eigenvalue weighted by Crippen LogP contribution is -2.54. The van der Waals surface area contributed by atoms with E-state index in [1.54, 1.807) is 54.6 Å². The number of rotatable bonds is 14. The molecule has 4 aromatic rings. The summed E-state index contributed by atoms with van der Waals surface area (Å²) < 4.78 is 48.6. The van der Waals surface area contributed by atoms with Crippen molar-refractivity contribution in [3.8, 4) is 5.75 Å². The Kier molecular flexibility index (Phi) is 11.3. The van der Waals surface area contributed by atoms with E-state index in [0.29, 0.717) is 12.0 Å². The molecule has 8 nitrogen and oxygen atoms in total. The van der Waals surface area contributed by atoms with Gasteiger partial charge in [0.05, 0.1) is 17.7 Å². The number of ether oxygens (including phenoxy) is 1. The van der Waals surface area contributed by atoms with Crippen LogP contribution in [0.1, 0.15) is 31.4 Å². The van der Waals surface area contributed by atoms with E-state index in [0.717, 1.165) is 9.87 Å². The van der Waals surface area contributed by atoms with Crippen LogP contribution in [0.2, 0.25) is 0 Å². The maximum absolute atomic E-state index is 14.5. The van der Waals surface area contributed by atoms with Crippen molar-refractivity contribution in [1.82, 2.24) is 10.2 Å². The van der Waals surface area contributed by atoms with E-state index in [4.69, 9.17) is 4.74 Å². The first-order valence-corrected chi connectivity index (χ1v) is 16.2. The fraction of sp³-hybridized carbons (Fsp3) is 0.257. The normalized spacial score (nSPS) is 12.5. The molecule has 2 atom stereocenters. The van der Waals surface area contributed by atoms with E-state index < -0.39 is 34.3 Å². The van der Waals surface area contributed by atoms with Crippen LogP contribution in [0.4, 0.5) is 10.1 Å². The molecule has 0 bridgehead atoms. The first kappa shape index (κ1) is 33.2. The summed E-state index contributed by atoms with van der Waals surface area (Å²) in [4.78, 5) is 29.7. The predicted octanol–water partition coefficient (Wildman–Crippen LogP) is 5.58. The molecule has 0 spiro atoms. The number of methoxy groups -OCH3 is 1. The Morgan fingerprint density at radius 3 is 2.07 bits per heavy atom. The van der Waals surface area contributed by atoms with Gasteiger partial charge in [-0.15, -0.1) is 0 Å². The van der Waals surface area contributed by atoms with Crippen LogP contribution in [0.25, 0.3) is 0 Å². The summed E-state index contributed by atoms with van der Waals surface area (Å²) in [5.41, 5.74) is 1.56. The number of anilines is 1. The van der Waals surface area contributed by atoms with Gasteiger partial charge in [-0.25, -0.2) is 12.8 Å². The molecular weight excluding hydrogens is 593 g/mol. The predicted molar refractivity (Wildman–Crippen MR) is 173 cm³/mol. The van der Waals surface area contributed by atoms with E-state index in [9.17, 15) is 22.4 Å². The molecule has 0 radical (unpaired) electrons. The number of nitrogens with one attached hydrogen (secondary N) is 1. The van der Waals surface area contributed by atoms with Crippen LogP contribution in [0, 0.1) is 5.82 Å². The minimum Gasteiger partial charge on any atom is -0.495 e. The monoisotopic (exact) mass is 631 g/mol. The Morgan fingerprint density at radius 2 is 1.44 bits per heavy atom. The van der Waals surface area contributed by atoms with Gasteiger partial charge in [-0.3, -0.25) is 13.9 Å². The number of hydrogen-bond acceptors (Lipinski definition) is 5. The Balaban J connectivity index is 1.82. The van der Waals surface area contributed by atoms with E-state index >= 15 is 0 Å². The third-order valence-electron chi connectivity index (χ3n) is 7.50. The second kappa shape index (κ2) is 15.3. The van der Waals surface area contributed by atoms with Crippen LogP contribution in [0.5, 0.6) is 5.75 Å². The Labute approximate surface area is 264 Å². The number of para-hydroxylation sites is 2. The molecule has 10 heteroatoms. The van der Waals surface area contributed by atoms with Gasteiger partial charge in [0.25, 0.3) is 10.0 Å². The molecule has 0 aliphatic rings. The molecule has 0 aliphatic heterocycles. The van der Waals surface area contributed by atoms with E-state index in [2.05, 4.69) is 5.32 Å². The Bertz CT molecular complexity index is 1670. The van der Waals surface area contributed by atoms with Crippen molar-refractivity contribution >= 4 is 27.5 Å². The molecule has 4 rings (SSSR count). The number of carbonyl (C=O) groups excluding carboxylic acids is 2. The smallest absolute Gasteiger partial charge is 0.264 e. The third-order valence-corrected chi connectivity index (χ3v) is 9.28. The molecule has 2 amide bonds.